The normalized spacial score (nSPS) is 14.6. The van der Waals surface area contributed by atoms with Gasteiger partial charge in [0.15, 0.2) is 17.8 Å². The molecule has 1 fully saturated rings. The quantitative estimate of drug-likeness (QED) is 0.729. The first-order valence-corrected chi connectivity index (χ1v) is 8.06. The highest BCUT2D eigenvalue weighted by Gasteiger charge is 2.21. The van der Waals surface area contributed by atoms with Gasteiger partial charge in [0.1, 0.15) is 0 Å². The van der Waals surface area contributed by atoms with Gasteiger partial charge in [-0.25, -0.2) is 4.98 Å². The minimum absolute atomic E-state index is 0.230. The fraction of sp³-hybridized carbons (Fsp3) is 0.625. The van der Waals surface area contributed by atoms with Crippen molar-refractivity contribution in [1.29, 1.82) is 0 Å². The summed E-state index contributed by atoms with van der Waals surface area (Å²) in [5, 5.41) is 9.50. The maximum Gasteiger partial charge on any atom is 0.294 e. The number of carbonyl (C=O) groups excluding carboxylic acids is 2. The molecule has 1 saturated heterocycles. The Hall–Kier alpha value is -2.26. The maximum absolute atomic E-state index is 12.0. The van der Waals surface area contributed by atoms with E-state index < -0.39 is 22.9 Å². The van der Waals surface area contributed by atoms with E-state index in [0.29, 0.717) is 12.8 Å². The highest BCUT2D eigenvalue weighted by molar-refractivity contribution is 5.95. The number of rotatable bonds is 4. The molecule has 2 N–H and O–H groups in total. The van der Waals surface area contributed by atoms with Crippen molar-refractivity contribution in [3.63, 3.8) is 0 Å². The molecule has 9 nitrogen and oxygen atoms in total. The molecule has 0 aromatic carbocycles. The van der Waals surface area contributed by atoms with Crippen LogP contribution in [0, 0.1) is 5.92 Å². The number of H-pyrrole nitrogens is 1. The molecule has 2 rings (SSSR count). The van der Waals surface area contributed by atoms with Gasteiger partial charge in [0.2, 0.25) is 5.75 Å². The van der Waals surface area contributed by atoms with Crippen molar-refractivity contribution in [3.8, 4) is 5.75 Å². The van der Waals surface area contributed by atoms with Crippen LogP contribution < -0.4 is 5.56 Å². The fourth-order valence-electron chi connectivity index (χ4n) is 2.16. The summed E-state index contributed by atoms with van der Waals surface area (Å²) >= 11 is 0. The van der Waals surface area contributed by atoms with E-state index in [1.807, 2.05) is 18.8 Å². The largest absolute Gasteiger partial charge is 0.501 e. The number of nitrogens with zero attached hydrogens (tertiary/aromatic N) is 3. The molecule has 1 aromatic rings. The molecule has 0 radical (unpaired) electrons. The van der Waals surface area contributed by atoms with E-state index in [4.69, 9.17) is 4.74 Å². The molecule has 0 aliphatic carbocycles. The number of amides is 1. The number of aromatic nitrogens is 2. The second kappa shape index (κ2) is 9.90. The van der Waals surface area contributed by atoms with Crippen molar-refractivity contribution in [2.45, 2.75) is 13.8 Å². The van der Waals surface area contributed by atoms with Crippen LogP contribution in [0.4, 0.5) is 0 Å². The van der Waals surface area contributed by atoms with Crippen molar-refractivity contribution < 1.29 is 19.4 Å². The van der Waals surface area contributed by atoms with E-state index in [-0.39, 0.29) is 11.7 Å². The first-order chi connectivity index (χ1) is 11.8. The zero-order valence-electron chi connectivity index (χ0n) is 15.1. The van der Waals surface area contributed by atoms with Crippen LogP contribution in [0.25, 0.3) is 0 Å². The number of ether oxygens (including phenoxy) is 1. The van der Waals surface area contributed by atoms with Crippen molar-refractivity contribution >= 4 is 12.2 Å². The molecule has 0 bridgehead atoms. The number of hydrogen-bond acceptors (Lipinski definition) is 7. The molecule has 0 unspecified atom stereocenters. The Kier molecular flexibility index (Phi) is 8.23. The van der Waals surface area contributed by atoms with Gasteiger partial charge in [-0.2, -0.15) is 0 Å². The zero-order valence-corrected chi connectivity index (χ0v) is 15.1. The Labute approximate surface area is 146 Å². The van der Waals surface area contributed by atoms with Crippen LogP contribution in [0.5, 0.6) is 5.75 Å². The number of carbonyl (C=O) groups is 2. The Morgan fingerprint density at radius 1 is 1.44 bits per heavy atom. The molecule has 0 saturated carbocycles. The summed E-state index contributed by atoms with van der Waals surface area (Å²) in [5.41, 5.74) is -1.32. The third-order valence-electron chi connectivity index (χ3n) is 3.45. The van der Waals surface area contributed by atoms with Gasteiger partial charge in [-0.05, 0) is 13.0 Å². The highest BCUT2D eigenvalue weighted by Crippen LogP contribution is 2.11. The van der Waals surface area contributed by atoms with Crippen LogP contribution in [0.15, 0.2) is 4.79 Å². The third kappa shape index (κ3) is 6.63. The smallest absolute Gasteiger partial charge is 0.294 e. The molecule has 25 heavy (non-hydrogen) atoms. The minimum Gasteiger partial charge on any atom is -0.501 e. The molecule has 1 aliphatic rings. The summed E-state index contributed by atoms with van der Waals surface area (Å²) in [5.74, 6) is -1.44. The summed E-state index contributed by atoms with van der Waals surface area (Å²) in [6.45, 7) is 8.31. The minimum atomic E-state index is -0.909. The van der Waals surface area contributed by atoms with Crippen LogP contribution in [0.1, 0.15) is 35.0 Å². The summed E-state index contributed by atoms with van der Waals surface area (Å²) < 4.78 is 5.10. The number of aldehydes is 1. The molecule has 140 valence electrons. The lowest BCUT2D eigenvalue weighted by Crippen LogP contribution is -2.32. The summed E-state index contributed by atoms with van der Waals surface area (Å²) in [7, 11) is 3.65. The van der Waals surface area contributed by atoms with Gasteiger partial charge >= 0.3 is 0 Å². The topological polar surface area (TPSA) is 116 Å². The second-order valence-electron chi connectivity index (χ2n) is 6.26. The maximum atomic E-state index is 12.0. The average molecular weight is 354 g/mol. The SMILES string of the molecule is CC(C)CN(C)C(=O)c1nc(C=O)[nH]c(=O)c1O.CN1CCOCC1. The Morgan fingerprint density at radius 2 is 2.04 bits per heavy atom. The first-order valence-electron chi connectivity index (χ1n) is 8.06. The Bertz CT molecular complexity index is 638. The molecular formula is C16H26N4O5. The molecule has 0 atom stereocenters. The molecule has 1 aromatic heterocycles. The monoisotopic (exact) mass is 354 g/mol. The van der Waals surface area contributed by atoms with Crippen molar-refractivity contribution in [2.24, 2.45) is 5.92 Å². The first kappa shape index (κ1) is 20.8. The van der Waals surface area contributed by atoms with Crippen LogP contribution in [0.2, 0.25) is 0 Å². The molecule has 2 heterocycles. The van der Waals surface area contributed by atoms with E-state index in [0.717, 1.165) is 26.3 Å². The standard InChI is InChI=1S/C11H15N3O4.C5H11NO/c1-6(2)4-14(3)11(18)8-9(16)10(17)13-7(5-15)12-8;1-6-2-4-7-5-3-6/h5-6,16H,4H2,1-3H3,(H,12,13,17);2-5H2,1H3. The number of hydrogen-bond donors (Lipinski definition) is 2. The van der Waals surface area contributed by atoms with Crippen molar-refractivity contribution in [3.05, 3.63) is 21.9 Å². The van der Waals surface area contributed by atoms with Crippen LogP contribution in [-0.4, -0.2) is 84.0 Å². The number of aromatic hydroxyl groups is 1. The average Bonchev–Trinajstić information content (AvgIpc) is 2.57. The van der Waals surface area contributed by atoms with E-state index in [1.165, 1.54) is 11.9 Å². The van der Waals surface area contributed by atoms with E-state index in [2.05, 4.69) is 16.9 Å². The van der Waals surface area contributed by atoms with Gasteiger partial charge in [-0.15, -0.1) is 0 Å². The predicted molar refractivity (Wildman–Crippen MR) is 92.0 cm³/mol. The molecule has 0 spiro atoms. The lowest BCUT2D eigenvalue weighted by Gasteiger charge is -2.21. The number of nitrogens with one attached hydrogen (secondary N) is 1. The lowest BCUT2D eigenvalue weighted by molar-refractivity contribution is 0.0503. The van der Waals surface area contributed by atoms with E-state index in [1.54, 1.807) is 0 Å². The Balaban J connectivity index is 0.000000370. The summed E-state index contributed by atoms with van der Waals surface area (Å²) in [6.07, 6.45) is 0.306. The van der Waals surface area contributed by atoms with Gasteiger partial charge in [0.25, 0.3) is 11.5 Å². The van der Waals surface area contributed by atoms with Gasteiger partial charge in [0, 0.05) is 26.7 Å². The van der Waals surface area contributed by atoms with Crippen LogP contribution in [0.3, 0.4) is 0 Å². The highest BCUT2D eigenvalue weighted by atomic mass is 16.5. The van der Waals surface area contributed by atoms with E-state index in [9.17, 15) is 19.5 Å². The lowest BCUT2D eigenvalue weighted by atomic mass is 10.2. The molecule has 9 heteroatoms. The number of morpholine rings is 1. The van der Waals surface area contributed by atoms with Gasteiger partial charge in [-0.3, -0.25) is 14.4 Å². The predicted octanol–water partition coefficient (Wildman–Crippen LogP) is -0.0356. The van der Waals surface area contributed by atoms with Gasteiger partial charge < -0.3 is 24.6 Å². The van der Waals surface area contributed by atoms with Crippen LogP contribution >= 0.6 is 0 Å². The Morgan fingerprint density at radius 3 is 2.48 bits per heavy atom. The number of likely N-dealkylation sites (N-methyl/N-ethyl adjacent to an activating group) is 1. The zero-order chi connectivity index (χ0) is 19.0. The second-order valence-corrected chi connectivity index (χ2v) is 6.26. The van der Waals surface area contributed by atoms with Crippen molar-refractivity contribution in [1.82, 2.24) is 19.8 Å². The molecular weight excluding hydrogens is 328 g/mol. The van der Waals surface area contributed by atoms with Gasteiger partial charge in [-0.1, -0.05) is 13.8 Å². The number of aromatic amines is 1. The van der Waals surface area contributed by atoms with E-state index >= 15 is 0 Å². The molecule has 1 amide bonds. The van der Waals surface area contributed by atoms with Crippen LogP contribution in [-0.2, 0) is 4.74 Å². The summed E-state index contributed by atoms with van der Waals surface area (Å²) in [4.78, 5) is 43.1. The van der Waals surface area contributed by atoms with Gasteiger partial charge in [0.05, 0.1) is 13.2 Å². The third-order valence-corrected chi connectivity index (χ3v) is 3.45. The van der Waals surface area contributed by atoms with Crippen molar-refractivity contribution in [2.75, 3.05) is 46.9 Å². The summed E-state index contributed by atoms with van der Waals surface area (Å²) in [6, 6.07) is 0. The fourth-order valence-corrected chi connectivity index (χ4v) is 2.16. The molecule has 1 aliphatic heterocycles.